The van der Waals surface area contributed by atoms with Crippen molar-refractivity contribution in [3.05, 3.63) is 35.9 Å². The third-order valence-electron chi connectivity index (χ3n) is 6.90. The highest BCUT2D eigenvalue weighted by molar-refractivity contribution is 5.85. The molecular weight excluding hydrogens is 364 g/mol. The molecule has 6 heteroatoms. The summed E-state index contributed by atoms with van der Waals surface area (Å²) in [5.74, 6) is 0.285. The highest BCUT2D eigenvalue weighted by Crippen LogP contribution is 2.49. The van der Waals surface area contributed by atoms with Crippen LogP contribution < -0.4 is 5.32 Å². The molecule has 0 unspecified atom stereocenters. The summed E-state index contributed by atoms with van der Waals surface area (Å²) >= 11 is 0. The van der Waals surface area contributed by atoms with Crippen molar-refractivity contribution in [2.45, 2.75) is 50.6 Å². The Bertz CT molecular complexity index is 724. The number of hydrogen-bond acceptors (Lipinski definition) is 3. The fourth-order valence-corrected chi connectivity index (χ4v) is 5.19. The Morgan fingerprint density at radius 2 is 1.76 bits per heavy atom. The van der Waals surface area contributed by atoms with Crippen LogP contribution in [0.25, 0.3) is 0 Å². The summed E-state index contributed by atoms with van der Waals surface area (Å²) in [6, 6.07) is 10.7. The van der Waals surface area contributed by atoms with Gasteiger partial charge in [-0.1, -0.05) is 44.2 Å². The third kappa shape index (κ3) is 4.00. The number of hydrogen-bond donors (Lipinski definition) is 1. The topological polar surface area (TPSA) is 55.9 Å². The maximum Gasteiger partial charge on any atom is 0.321 e. The number of benzene rings is 1. The Balaban J connectivity index is 1.87. The number of nitrogens with one attached hydrogen (secondary N) is 1. The van der Waals surface area contributed by atoms with Crippen molar-refractivity contribution in [2.75, 3.05) is 40.8 Å². The van der Waals surface area contributed by atoms with Gasteiger partial charge in [-0.3, -0.25) is 9.69 Å². The van der Waals surface area contributed by atoms with Gasteiger partial charge >= 0.3 is 6.03 Å². The number of urea groups is 1. The first kappa shape index (κ1) is 21.6. The van der Waals surface area contributed by atoms with Gasteiger partial charge in [0.2, 0.25) is 5.91 Å². The smallest absolute Gasteiger partial charge is 0.321 e. The molecule has 0 aromatic heterocycles. The predicted molar refractivity (Wildman–Crippen MR) is 116 cm³/mol. The van der Waals surface area contributed by atoms with Gasteiger partial charge in [0.25, 0.3) is 0 Å². The minimum atomic E-state index is -0.177. The summed E-state index contributed by atoms with van der Waals surface area (Å²) in [5, 5.41) is 2.65. The largest absolute Gasteiger partial charge is 0.358 e. The Labute approximate surface area is 175 Å². The molecule has 29 heavy (non-hydrogen) atoms. The molecule has 6 nitrogen and oxygen atoms in total. The van der Waals surface area contributed by atoms with Crippen molar-refractivity contribution < 1.29 is 9.59 Å². The lowest BCUT2D eigenvalue weighted by molar-refractivity contribution is -0.121. The molecular formula is C23H36N4O2. The number of nitrogens with zero attached hydrogens (tertiary/aromatic N) is 3. The van der Waals surface area contributed by atoms with E-state index in [0.29, 0.717) is 12.5 Å². The average Bonchev–Trinajstić information content (AvgIpc) is 2.94. The number of carbonyl (C=O) groups excluding carboxylic acids is 2. The molecule has 0 radical (unpaired) electrons. The first-order valence-corrected chi connectivity index (χ1v) is 10.7. The molecule has 3 rings (SSSR count). The second kappa shape index (κ2) is 8.34. The lowest BCUT2D eigenvalue weighted by Crippen LogP contribution is -2.56. The van der Waals surface area contributed by atoms with E-state index in [1.165, 1.54) is 5.56 Å². The van der Waals surface area contributed by atoms with Crippen LogP contribution in [0.5, 0.6) is 0 Å². The maximum atomic E-state index is 13.2. The van der Waals surface area contributed by atoms with Crippen molar-refractivity contribution in [2.24, 2.45) is 5.92 Å². The molecule has 1 heterocycles. The van der Waals surface area contributed by atoms with Gasteiger partial charge in [0.15, 0.2) is 0 Å². The zero-order valence-corrected chi connectivity index (χ0v) is 18.6. The van der Waals surface area contributed by atoms with Crippen LogP contribution in [0.4, 0.5) is 4.79 Å². The van der Waals surface area contributed by atoms with E-state index in [1.807, 2.05) is 0 Å². The second-order valence-corrected chi connectivity index (χ2v) is 9.33. The van der Waals surface area contributed by atoms with Crippen molar-refractivity contribution in [3.8, 4) is 0 Å². The minimum Gasteiger partial charge on any atom is -0.358 e. The van der Waals surface area contributed by atoms with Gasteiger partial charge in [-0.15, -0.1) is 0 Å². The van der Waals surface area contributed by atoms with Crippen molar-refractivity contribution in [1.29, 1.82) is 0 Å². The fraction of sp³-hybridized carbons (Fsp3) is 0.652. The summed E-state index contributed by atoms with van der Waals surface area (Å²) in [6.45, 7) is 5.83. The van der Waals surface area contributed by atoms with E-state index in [0.717, 1.165) is 32.2 Å². The zero-order valence-electron chi connectivity index (χ0n) is 18.6. The molecule has 1 aromatic rings. The first-order chi connectivity index (χ1) is 13.7. The van der Waals surface area contributed by atoms with Crippen LogP contribution in [-0.2, 0) is 10.3 Å². The van der Waals surface area contributed by atoms with Crippen LogP contribution in [-0.4, -0.2) is 73.0 Å². The molecule has 3 amide bonds. The van der Waals surface area contributed by atoms with Crippen molar-refractivity contribution in [3.63, 3.8) is 0 Å². The summed E-state index contributed by atoms with van der Waals surface area (Å²) in [5.41, 5.74) is 1.17. The summed E-state index contributed by atoms with van der Waals surface area (Å²) in [4.78, 5) is 31.3. The Kier molecular flexibility index (Phi) is 6.22. The summed E-state index contributed by atoms with van der Waals surface area (Å²) < 4.78 is 0. The monoisotopic (exact) mass is 400 g/mol. The van der Waals surface area contributed by atoms with E-state index in [-0.39, 0.29) is 29.6 Å². The predicted octanol–water partition coefficient (Wildman–Crippen LogP) is 2.90. The van der Waals surface area contributed by atoms with Gasteiger partial charge in [-0.05, 0) is 51.3 Å². The van der Waals surface area contributed by atoms with Gasteiger partial charge in [0.05, 0.1) is 5.54 Å². The molecule has 1 spiro atoms. The molecule has 1 aliphatic carbocycles. The molecule has 1 aromatic carbocycles. The lowest BCUT2D eigenvalue weighted by Gasteiger charge is -2.51. The Morgan fingerprint density at radius 3 is 2.28 bits per heavy atom. The molecule has 1 N–H and O–H groups in total. The highest BCUT2D eigenvalue weighted by atomic mass is 16.2. The van der Waals surface area contributed by atoms with Crippen molar-refractivity contribution in [1.82, 2.24) is 20.0 Å². The number of carbonyl (C=O) groups is 2. The van der Waals surface area contributed by atoms with E-state index < -0.39 is 0 Å². The molecule has 1 saturated carbocycles. The van der Waals surface area contributed by atoms with E-state index in [2.05, 4.69) is 73.4 Å². The van der Waals surface area contributed by atoms with E-state index in [1.54, 1.807) is 11.9 Å². The molecule has 160 valence electrons. The quantitative estimate of drug-likeness (QED) is 0.799. The Hall–Kier alpha value is -2.08. The molecule has 2 fully saturated rings. The SMILES string of the molecule is CNC(=O)CN1C[C@]2(CC[C@](c3ccccc3)(N(C)C)CC2)N(CC(C)C)C1=O. The van der Waals surface area contributed by atoms with Crippen LogP contribution in [0, 0.1) is 5.92 Å². The van der Waals surface area contributed by atoms with Gasteiger partial charge in [-0.2, -0.15) is 0 Å². The van der Waals surface area contributed by atoms with E-state index >= 15 is 0 Å². The van der Waals surface area contributed by atoms with Crippen LogP contribution in [0.1, 0.15) is 45.1 Å². The maximum absolute atomic E-state index is 13.2. The molecule has 0 atom stereocenters. The molecule has 1 saturated heterocycles. The van der Waals surface area contributed by atoms with Gasteiger partial charge in [0.1, 0.15) is 6.54 Å². The molecule has 2 aliphatic rings. The number of rotatable bonds is 6. The second-order valence-electron chi connectivity index (χ2n) is 9.33. The molecule has 0 bridgehead atoms. The Morgan fingerprint density at radius 1 is 1.14 bits per heavy atom. The van der Waals surface area contributed by atoms with Crippen LogP contribution >= 0.6 is 0 Å². The third-order valence-corrected chi connectivity index (χ3v) is 6.90. The number of amides is 3. The van der Waals surface area contributed by atoms with Gasteiger partial charge in [0, 0.05) is 25.7 Å². The molecule has 1 aliphatic heterocycles. The van der Waals surface area contributed by atoms with E-state index in [9.17, 15) is 9.59 Å². The average molecular weight is 401 g/mol. The van der Waals surface area contributed by atoms with Crippen LogP contribution in [0.2, 0.25) is 0 Å². The van der Waals surface area contributed by atoms with Gasteiger partial charge in [-0.25, -0.2) is 4.79 Å². The van der Waals surface area contributed by atoms with Crippen LogP contribution in [0.3, 0.4) is 0 Å². The fourth-order valence-electron chi connectivity index (χ4n) is 5.19. The first-order valence-electron chi connectivity index (χ1n) is 10.7. The zero-order chi connectivity index (χ0) is 21.2. The highest BCUT2D eigenvalue weighted by Gasteiger charge is 2.54. The van der Waals surface area contributed by atoms with E-state index in [4.69, 9.17) is 0 Å². The summed E-state index contributed by atoms with van der Waals surface area (Å²) in [7, 11) is 5.94. The van der Waals surface area contributed by atoms with Gasteiger partial charge < -0.3 is 15.1 Å². The normalized spacial score (nSPS) is 27.3. The standard InChI is InChI=1S/C23H36N4O2/c1-18(2)15-27-21(29)26(16-20(28)24-3)17-22(27)11-13-23(14-12-22,25(4)5)19-9-7-6-8-10-19/h6-10,18H,11-17H2,1-5H3,(H,24,28)/t22-,23+. The minimum absolute atomic E-state index is 0.00667. The van der Waals surface area contributed by atoms with Crippen molar-refractivity contribution >= 4 is 11.9 Å². The lowest BCUT2D eigenvalue weighted by atomic mass is 9.68. The number of likely N-dealkylation sites (N-methyl/N-ethyl adjacent to an activating group) is 1. The van der Waals surface area contributed by atoms with Crippen LogP contribution in [0.15, 0.2) is 30.3 Å². The summed E-state index contributed by atoms with van der Waals surface area (Å²) in [6.07, 6.45) is 3.89.